The molecule has 3 heteroatoms. The molecule has 98 valence electrons. The predicted octanol–water partition coefficient (Wildman–Crippen LogP) is 2.85. The minimum atomic E-state index is -0.559. The first-order valence-corrected chi connectivity index (χ1v) is 6.90. The summed E-state index contributed by atoms with van der Waals surface area (Å²) in [6, 6.07) is 0. The lowest BCUT2D eigenvalue weighted by Gasteiger charge is -2.54. The molecule has 4 bridgehead atoms. The van der Waals surface area contributed by atoms with Gasteiger partial charge in [0.15, 0.2) is 0 Å². The lowest BCUT2D eigenvalue weighted by Crippen LogP contribution is -2.50. The van der Waals surface area contributed by atoms with Crippen LogP contribution in [0.15, 0.2) is 12.2 Å². The van der Waals surface area contributed by atoms with Crippen LogP contribution in [-0.2, 0) is 14.3 Å². The van der Waals surface area contributed by atoms with Gasteiger partial charge in [0.1, 0.15) is 0 Å². The highest BCUT2D eigenvalue weighted by Crippen LogP contribution is 2.60. The number of rotatable bonds is 2. The summed E-state index contributed by atoms with van der Waals surface area (Å²) < 4.78 is 5.02. The van der Waals surface area contributed by atoms with Crippen LogP contribution in [0.1, 0.15) is 45.4 Å². The largest absolute Gasteiger partial charge is 0.389 e. The summed E-state index contributed by atoms with van der Waals surface area (Å²) in [5, 5.41) is 0. The Morgan fingerprint density at radius 1 is 1.06 bits per heavy atom. The summed E-state index contributed by atoms with van der Waals surface area (Å²) in [4.78, 5) is 23.8. The van der Waals surface area contributed by atoms with Crippen LogP contribution in [0, 0.1) is 23.2 Å². The Morgan fingerprint density at radius 2 is 1.50 bits per heavy atom. The summed E-state index contributed by atoms with van der Waals surface area (Å²) in [6.07, 6.45) is 6.63. The summed E-state index contributed by atoms with van der Waals surface area (Å²) in [5.41, 5.74) is -0.0482. The summed E-state index contributed by atoms with van der Waals surface area (Å²) in [7, 11) is 0. The highest BCUT2D eigenvalue weighted by molar-refractivity contribution is 5.97. The second-order valence-electron chi connectivity index (χ2n) is 6.66. The third-order valence-electron chi connectivity index (χ3n) is 5.01. The number of carbonyl (C=O) groups excluding carboxylic acids is 2. The number of hydrogen-bond acceptors (Lipinski definition) is 3. The molecule has 4 fully saturated rings. The molecule has 4 rings (SSSR count). The zero-order chi connectivity index (χ0) is 12.9. The Kier molecular flexibility index (Phi) is 2.61. The minimum absolute atomic E-state index is 0.283. The van der Waals surface area contributed by atoms with E-state index < -0.39 is 5.97 Å². The minimum Gasteiger partial charge on any atom is -0.389 e. The van der Waals surface area contributed by atoms with Gasteiger partial charge in [0, 0.05) is 5.57 Å². The van der Waals surface area contributed by atoms with Gasteiger partial charge in [-0.25, -0.2) is 4.79 Å². The third kappa shape index (κ3) is 1.80. The van der Waals surface area contributed by atoms with E-state index in [-0.39, 0.29) is 11.4 Å². The van der Waals surface area contributed by atoms with Gasteiger partial charge in [0.2, 0.25) is 0 Å². The van der Waals surface area contributed by atoms with Gasteiger partial charge < -0.3 is 4.74 Å². The van der Waals surface area contributed by atoms with Crippen molar-refractivity contribution in [1.29, 1.82) is 0 Å². The molecule has 0 aromatic carbocycles. The molecule has 18 heavy (non-hydrogen) atoms. The van der Waals surface area contributed by atoms with E-state index in [2.05, 4.69) is 6.58 Å². The van der Waals surface area contributed by atoms with Gasteiger partial charge in [0.05, 0.1) is 5.41 Å². The molecule has 0 spiro atoms. The van der Waals surface area contributed by atoms with Crippen molar-refractivity contribution in [3.63, 3.8) is 0 Å². The van der Waals surface area contributed by atoms with Gasteiger partial charge in [-0.15, -0.1) is 0 Å². The van der Waals surface area contributed by atoms with E-state index in [0.717, 1.165) is 19.3 Å². The molecule has 0 amide bonds. The van der Waals surface area contributed by atoms with Crippen LogP contribution in [0.3, 0.4) is 0 Å². The molecule has 0 saturated heterocycles. The van der Waals surface area contributed by atoms with Crippen LogP contribution in [0.4, 0.5) is 0 Å². The number of hydrogen-bond donors (Lipinski definition) is 0. The Bertz CT molecular complexity index is 386. The molecule has 0 aromatic rings. The van der Waals surface area contributed by atoms with Crippen LogP contribution in [-0.4, -0.2) is 11.9 Å². The maximum atomic E-state index is 12.3. The second-order valence-corrected chi connectivity index (χ2v) is 6.66. The molecule has 4 aliphatic rings. The topological polar surface area (TPSA) is 43.4 Å². The van der Waals surface area contributed by atoms with Crippen molar-refractivity contribution in [3.05, 3.63) is 12.2 Å². The SMILES string of the molecule is C=C(C)C(=O)OC(=O)C12CC3CC(CC(C3)C1)C2. The van der Waals surface area contributed by atoms with E-state index in [1.165, 1.54) is 19.3 Å². The molecule has 0 N–H and O–H groups in total. The molecule has 0 unspecified atom stereocenters. The van der Waals surface area contributed by atoms with E-state index in [9.17, 15) is 9.59 Å². The molecule has 0 atom stereocenters. The fourth-order valence-electron chi connectivity index (χ4n) is 4.64. The lowest BCUT2D eigenvalue weighted by molar-refractivity contribution is -0.176. The summed E-state index contributed by atoms with van der Waals surface area (Å²) in [5.74, 6) is 1.21. The standard InChI is InChI=1S/C15H20O3/c1-9(2)13(16)18-14(17)15-6-10-3-11(7-15)5-12(4-10)8-15/h10-12H,1,3-8H2,2H3. The molecular formula is C15H20O3. The smallest absolute Gasteiger partial charge is 0.340 e. The highest BCUT2D eigenvalue weighted by atomic mass is 16.6. The first kappa shape index (κ1) is 11.9. The van der Waals surface area contributed by atoms with Crippen LogP contribution in [0.2, 0.25) is 0 Å². The zero-order valence-corrected chi connectivity index (χ0v) is 10.9. The van der Waals surface area contributed by atoms with Crippen molar-refractivity contribution < 1.29 is 14.3 Å². The molecule has 3 nitrogen and oxygen atoms in total. The molecule has 0 aliphatic heterocycles. The van der Waals surface area contributed by atoms with E-state index in [1.807, 2.05) is 0 Å². The monoisotopic (exact) mass is 248 g/mol. The molecule has 4 aliphatic carbocycles. The summed E-state index contributed by atoms with van der Waals surface area (Å²) >= 11 is 0. The molecule has 4 saturated carbocycles. The second kappa shape index (κ2) is 3.94. The molecule has 0 aromatic heterocycles. The maximum absolute atomic E-state index is 12.3. The van der Waals surface area contributed by atoms with E-state index >= 15 is 0 Å². The van der Waals surface area contributed by atoms with Gasteiger partial charge in [-0.2, -0.15) is 0 Å². The van der Waals surface area contributed by atoms with Gasteiger partial charge in [0.25, 0.3) is 0 Å². The Balaban J connectivity index is 1.77. The van der Waals surface area contributed by atoms with Gasteiger partial charge in [-0.1, -0.05) is 6.58 Å². The average molecular weight is 248 g/mol. The number of ether oxygens (including phenoxy) is 1. The molecule has 0 heterocycles. The maximum Gasteiger partial charge on any atom is 0.340 e. The van der Waals surface area contributed by atoms with Crippen molar-refractivity contribution in [3.8, 4) is 0 Å². The normalized spacial score (nSPS) is 40.6. The lowest BCUT2D eigenvalue weighted by atomic mass is 9.49. The Morgan fingerprint density at radius 3 is 1.89 bits per heavy atom. The van der Waals surface area contributed by atoms with Crippen molar-refractivity contribution in [2.75, 3.05) is 0 Å². The molecule has 0 radical (unpaired) electrons. The van der Waals surface area contributed by atoms with E-state index in [4.69, 9.17) is 4.74 Å². The van der Waals surface area contributed by atoms with E-state index in [1.54, 1.807) is 6.92 Å². The zero-order valence-electron chi connectivity index (χ0n) is 10.9. The van der Waals surface area contributed by atoms with Crippen molar-refractivity contribution in [2.45, 2.75) is 45.4 Å². The highest BCUT2D eigenvalue weighted by Gasteiger charge is 2.55. The predicted molar refractivity (Wildman–Crippen MR) is 66.5 cm³/mol. The van der Waals surface area contributed by atoms with Crippen LogP contribution < -0.4 is 0 Å². The van der Waals surface area contributed by atoms with Gasteiger partial charge >= 0.3 is 11.9 Å². The van der Waals surface area contributed by atoms with Crippen LogP contribution in [0.25, 0.3) is 0 Å². The quantitative estimate of drug-likeness (QED) is 0.429. The van der Waals surface area contributed by atoms with E-state index in [0.29, 0.717) is 23.3 Å². The first-order chi connectivity index (χ1) is 8.48. The number of carbonyl (C=O) groups is 2. The summed E-state index contributed by atoms with van der Waals surface area (Å²) in [6.45, 7) is 5.11. The fourth-order valence-corrected chi connectivity index (χ4v) is 4.64. The average Bonchev–Trinajstić information content (AvgIpc) is 2.26. The third-order valence-corrected chi connectivity index (χ3v) is 5.01. The van der Waals surface area contributed by atoms with Crippen LogP contribution in [0.5, 0.6) is 0 Å². The van der Waals surface area contributed by atoms with Gasteiger partial charge in [-0.05, 0) is 63.2 Å². The van der Waals surface area contributed by atoms with Crippen molar-refractivity contribution in [1.82, 2.24) is 0 Å². The molecular weight excluding hydrogens is 228 g/mol. The first-order valence-electron chi connectivity index (χ1n) is 6.90. The number of esters is 2. The van der Waals surface area contributed by atoms with Gasteiger partial charge in [-0.3, -0.25) is 4.79 Å². The van der Waals surface area contributed by atoms with Crippen molar-refractivity contribution >= 4 is 11.9 Å². The Hall–Kier alpha value is -1.12. The fraction of sp³-hybridized carbons (Fsp3) is 0.733. The van der Waals surface area contributed by atoms with Crippen LogP contribution >= 0.6 is 0 Å². The Labute approximate surface area is 108 Å². The van der Waals surface area contributed by atoms with Crippen molar-refractivity contribution in [2.24, 2.45) is 23.2 Å².